The molecular formula is C13H26N4O. The van der Waals surface area contributed by atoms with Gasteiger partial charge in [0, 0.05) is 32.6 Å². The average molecular weight is 254 g/mol. The maximum Gasteiger partial charge on any atom is 0.234 e. The molecule has 2 aliphatic heterocycles. The minimum atomic E-state index is 0.185. The summed E-state index contributed by atoms with van der Waals surface area (Å²) in [4.78, 5) is 14.1. The average Bonchev–Trinajstić information content (AvgIpc) is 2.40. The van der Waals surface area contributed by atoms with Gasteiger partial charge in [-0.15, -0.1) is 0 Å². The summed E-state index contributed by atoms with van der Waals surface area (Å²) in [5.41, 5.74) is 3.03. The monoisotopic (exact) mass is 254 g/mol. The van der Waals surface area contributed by atoms with E-state index in [1.807, 2.05) is 0 Å². The van der Waals surface area contributed by atoms with Crippen molar-refractivity contribution in [2.75, 3.05) is 46.3 Å². The maximum absolute atomic E-state index is 11.8. The Kier molecular flexibility index (Phi) is 5.41. The van der Waals surface area contributed by atoms with Crippen LogP contribution in [0.1, 0.15) is 25.7 Å². The van der Waals surface area contributed by atoms with E-state index in [1.54, 1.807) is 0 Å². The Morgan fingerprint density at radius 2 is 2.11 bits per heavy atom. The Bertz CT molecular complexity index is 258. The Morgan fingerprint density at radius 1 is 1.33 bits per heavy atom. The van der Waals surface area contributed by atoms with Crippen LogP contribution < -0.4 is 10.7 Å². The van der Waals surface area contributed by atoms with Crippen molar-refractivity contribution in [1.82, 2.24) is 20.7 Å². The van der Waals surface area contributed by atoms with Gasteiger partial charge in [-0.1, -0.05) is 0 Å². The van der Waals surface area contributed by atoms with Gasteiger partial charge in [-0.05, 0) is 45.3 Å². The summed E-state index contributed by atoms with van der Waals surface area (Å²) in [5, 5.41) is 5.45. The summed E-state index contributed by atoms with van der Waals surface area (Å²) >= 11 is 0. The summed E-state index contributed by atoms with van der Waals surface area (Å²) in [7, 11) is 2.12. The van der Waals surface area contributed by atoms with Crippen molar-refractivity contribution in [3.63, 3.8) is 0 Å². The second kappa shape index (κ2) is 7.07. The first kappa shape index (κ1) is 13.8. The Labute approximate surface area is 110 Å². The first-order chi connectivity index (χ1) is 8.74. The molecule has 2 rings (SSSR count). The van der Waals surface area contributed by atoms with Gasteiger partial charge in [-0.25, -0.2) is 5.01 Å². The van der Waals surface area contributed by atoms with Crippen molar-refractivity contribution >= 4 is 5.91 Å². The van der Waals surface area contributed by atoms with E-state index < -0.39 is 0 Å². The van der Waals surface area contributed by atoms with Crippen molar-refractivity contribution in [1.29, 1.82) is 0 Å². The third-order valence-corrected chi connectivity index (χ3v) is 3.96. The predicted octanol–water partition coefficient (Wildman–Crippen LogP) is 0.0448. The molecular weight excluding hydrogens is 228 g/mol. The zero-order chi connectivity index (χ0) is 12.8. The zero-order valence-electron chi connectivity index (χ0n) is 11.5. The number of hydrogen-bond acceptors (Lipinski definition) is 4. The van der Waals surface area contributed by atoms with Crippen LogP contribution in [-0.4, -0.2) is 62.1 Å². The molecule has 0 aromatic carbocycles. The molecule has 1 atom stereocenters. The zero-order valence-corrected chi connectivity index (χ0v) is 11.5. The Balaban J connectivity index is 1.59. The van der Waals surface area contributed by atoms with Crippen LogP contribution in [0, 0.1) is 5.92 Å². The fourth-order valence-corrected chi connectivity index (χ4v) is 2.66. The number of carbonyl (C=O) groups is 1. The van der Waals surface area contributed by atoms with Crippen LogP contribution >= 0.6 is 0 Å². The molecule has 5 nitrogen and oxygen atoms in total. The highest BCUT2D eigenvalue weighted by molar-refractivity contribution is 5.75. The first-order valence-corrected chi connectivity index (χ1v) is 7.18. The van der Waals surface area contributed by atoms with Crippen LogP contribution in [0.2, 0.25) is 0 Å². The van der Waals surface area contributed by atoms with Crippen molar-refractivity contribution in [3.05, 3.63) is 0 Å². The van der Waals surface area contributed by atoms with Gasteiger partial charge >= 0.3 is 0 Å². The van der Waals surface area contributed by atoms with E-state index in [2.05, 4.69) is 27.7 Å². The van der Waals surface area contributed by atoms with Crippen LogP contribution in [-0.2, 0) is 4.79 Å². The third kappa shape index (κ3) is 4.55. The largest absolute Gasteiger partial charge is 0.316 e. The van der Waals surface area contributed by atoms with Gasteiger partial charge in [-0.3, -0.25) is 10.2 Å². The summed E-state index contributed by atoms with van der Waals surface area (Å²) in [6.45, 7) is 6.17. The lowest BCUT2D eigenvalue weighted by Gasteiger charge is -2.32. The lowest BCUT2D eigenvalue weighted by Crippen LogP contribution is -2.52. The van der Waals surface area contributed by atoms with Gasteiger partial charge < -0.3 is 10.2 Å². The maximum atomic E-state index is 11.8. The van der Waals surface area contributed by atoms with Gasteiger partial charge in [0.2, 0.25) is 5.91 Å². The van der Waals surface area contributed by atoms with Gasteiger partial charge in [0.15, 0.2) is 0 Å². The number of hydrogen-bond donors (Lipinski definition) is 2. The second-order valence-corrected chi connectivity index (χ2v) is 5.58. The smallest absolute Gasteiger partial charge is 0.234 e. The number of rotatable bonds is 4. The number of likely N-dealkylation sites (N-methyl/N-ethyl adjacent to an activating group) is 1. The van der Waals surface area contributed by atoms with Gasteiger partial charge in [0.25, 0.3) is 0 Å². The van der Waals surface area contributed by atoms with E-state index in [-0.39, 0.29) is 5.91 Å². The van der Waals surface area contributed by atoms with Crippen LogP contribution in [0.4, 0.5) is 0 Å². The summed E-state index contributed by atoms with van der Waals surface area (Å²) in [6, 6.07) is 0. The third-order valence-electron chi connectivity index (χ3n) is 3.96. The number of nitrogens with zero attached hydrogens (tertiary/aromatic N) is 2. The van der Waals surface area contributed by atoms with Gasteiger partial charge in [0.05, 0.1) is 0 Å². The molecule has 0 aliphatic carbocycles. The van der Waals surface area contributed by atoms with E-state index in [4.69, 9.17) is 0 Å². The van der Waals surface area contributed by atoms with Crippen molar-refractivity contribution in [2.45, 2.75) is 25.7 Å². The van der Waals surface area contributed by atoms with E-state index >= 15 is 0 Å². The van der Waals surface area contributed by atoms with E-state index in [1.165, 1.54) is 12.8 Å². The van der Waals surface area contributed by atoms with E-state index in [0.29, 0.717) is 12.3 Å². The number of piperazine rings is 1. The molecule has 0 bridgehead atoms. The number of piperidine rings is 1. The van der Waals surface area contributed by atoms with Crippen LogP contribution in [0.15, 0.2) is 0 Å². The topological polar surface area (TPSA) is 47.6 Å². The highest BCUT2D eigenvalue weighted by atomic mass is 16.2. The second-order valence-electron chi connectivity index (χ2n) is 5.58. The first-order valence-electron chi connectivity index (χ1n) is 7.18. The molecule has 2 aliphatic rings. The molecule has 104 valence electrons. The van der Waals surface area contributed by atoms with Gasteiger partial charge in [-0.2, -0.15) is 0 Å². The Hall–Kier alpha value is -0.650. The van der Waals surface area contributed by atoms with E-state index in [0.717, 1.165) is 45.7 Å². The highest BCUT2D eigenvalue weighted by Crippen LogP contribution is 2.15. The van der Waals surface area contributed by atoms with Crippen LogP contribution in [0.5, 0.6) is 0 Å². The predicted molar refractivity (Wildman–Crippen MR) is 72.0 cm³/mol. The molecule has 2 fully saturated rings. The summed E-state index contributed by atoms with van der Waals surface area (Å²) in [6.07, 6.45) is 4.21. The van der Waals surface area contributed by atoms with Crippen molar-refractivity contribution in [3.8, 4) is 0 Å². The molecule has 1 amide bonds. The minimum Gasteiger partial charge on any atom is -0.316 e. The lowest BCUT2D eigenvalue weighted by molar-refractivity contribution is -0.127. The molecule has 18 heavy (non-hydrogen) atoms. The lowest BCUT2D eigenvalue weighted by atomic mass is 9.95. The molecule has 0 aromatic rings. The molecule has 0 radical (unpaired) electrons. The standard InChI is InChI=1S/C13H26N4O/c1-16-7-9-17(10-8-16)15-13(18)5-4-12-3-2-6-14-11-12/h12,14H,2-11H2,1H3,(H,15,18). The quantitative estimate of drug-likeness (QED) is 0.744. The number of nitrogens with one attached hydrogen (secondary N) is 2. The molecule has 5 heteroatoms. The van der Waals surface area contributed by atoms with E-state index in [9.17, 15) is 4.79 Å². The van der Waals surface area contributed by atoms with Crippen molar-refractivity contribution in [2.24, 2.45) is 5.92 Å². The van der Waals surface area contributed by atoms with Crippen LogP contribution in [0.3, 0.4) is 0 Å². The fourth-order valence-electron chi connectivity index (χ4n) is 2.66. The molecule has 2 heterocycles. The molecule has 2 saturated heterocycles. The number of amides is 1. The Morgan fingerprint density at radius 3 is 2.78 bits per heavy atom. The minimum absolute atomic E-state index is 0.185. The SMILES string of the molecule is CN1CCN(NC(=O)CCC2CCCNC2)CC1. The fraction of sp³-hybridized carbons (Fsp3) is 0.923. The number of hydrazine groups is 1. The molecule has 0 saturated carbocycles. The molecule has 1 unspecified atom stereocenters. The van der Waals surface area contributed by atoms with Crippen LogP contribution in [0.25, 0.3) is 0 Å². The molecule has 0 spiro atoms. The molecule has 2 N–H and O–H groups in total. The van der Waals surface area contributed by atoms with Crippen molar-refractivity contribution < 1.29 is 4.79 Å². The summed E-state index contributed by atoms with van der Waals surface area (Å²) in [5.74, 6) is 0.877. The normalized spacial score (nSPS) is 27.1. The van der Waals surface area contributed by atoms with Gasteiger partial charge in [0.1, 0.15) is 0 Å². The molecule has 0 aromatic heterocycles. The number of carbonyl (C=O) groups excluding carboxylic acids is 1. The summed E-state index contributed by atoms with van der Waals surface area (Å²) < 4.78 is 0. The highest BCUT2D eigenvalue weighted by Gasteiger charge is 2.17.